The molecule has 3 nitrogen and oxygen atoms in total. The summed E-state index contributed by atoms with van der Waals surface area (Å²) in [5.41, 5.74) is 2.82. The van der Waals surface area contributed by atoms with Gasteiger partial charge in [0.05, 0.1) is 12.8 Å². The minimum Gasteiger partial charge on any atom is -0.496 e. The number of carbonyl (C=O) groups excluding carboxylic acids is 1. The first-order chi connectivity index (χ1) is 7.60. The number of methoxy groups -OCH3 is 1. The van der Waals surface area contributed by atoms with E-state index in [0.717, 1.165) is 29.0 Å². The highest BCUT2D eigenvalue weighted by Gasteiger charge is 2.12. The molecule has 88 valence electrons. The molecule has 1 heterocycles. The van der Waals surface area contributed by atoms with Crippen LogP contribution < -0.4 is 4.74 Å². The molecule has 0 radical (unpaired) electrons. The van der Waals surface area contributed by atoms with E-state index in [9.17, 15) is 4.79 Å². The van der Waals surface area contributed by atoms with Crippen LogP contribution in [0.15, 0.2) is 6.20 Å². The Morgan fingerprint density at radius 2 is 2.12 bits per heavy atom. The predicted molar refractivity (Wildman–Crippen MR) is 63.9 cm³/mol. The molecule has 16 heavy (non-hydrogen) atoms. The molecule has 0 aliphatic rings. The first-order valence-corrected chi connectivity index (χ1v) is 5.60. The number of ether oxygens (including phenoxy) is 1. The monoisotopic (exact) mass is 221 g/mol. The van der Waals surface area contributed by atoms with Crippen LogP contribution in [-0.2, 0) is 11.2 Å². The van der Waals surface area contributed by atoms with Gasteiger partial charge in [0.15, 0.2) is 0 Å². The van der Waals surface area contributed by atoms with Gasteiger partial charge in [0.2, 0.25) is 0 Å². The van der Waals surface area contributed by atoms with Crippen LogP contribution in [-0.4, -0.2) is 17.9 Å². The quantitative estimate of drug-likeness (QED) is 0.767. The van der Waals surface area contributed by atoms with E-state index in [0.29, 0.717) is 12.8 Å². The van der Waals surface area contributed by atoms with E-state index < -0.39 is 0 Å². The number of carbonyl (C=O) groups is 1. The molecule has 0 saturated carbocycles. The smallest absolute Gasteiger partial charge is 0.138 e. The van der Waals surface area contributed by atoms with E-state index in [-0.39, 0.29) is 5.78 Å². The standard InChI is InChI=1S/C13H19NO2/c1-5-6-11(15)7-12-10(3)13(16-4)9(2)8-14-12/h8H,5-7H2,1-4H3. The third-order valence-corrected chi connectivity index (χ3v) is 2.64. The van der Waals surface area contributed by atoms with Crippen LogP contribution in [0.5, 0.6) is 5.75 Å². The lowest BCUT2D eigenvalue weighted by molar-refractivity contribution is -0.118. The zero-order chi connectivity index (χ0) is 12.1. The van der Waals surface area contributed by atoms with Crippen molar-refractivity contribution in [2.24, 2.45) is 0 Å². The molecule has 3 heteroatoms. The number of Topliss-reactive ketones (excluding diaryl/α,β-unsaturated/α-hetero) is 1. The number of hydrogen-bond donors (Lipinski definition) is 0. The van der Waals surface area contributed by atoms with Crippen LogP contribution >= 0.6 is 0 Å². The molecule has 0 fully saturated rings. The molecule has 0 unspecified atom stereocenters. The van der Waals surface area contributed by atoms with Crippen LogP contribution in [0.1, 0.15) is 36.6 Å². The van der Waals surface area contributed by atoms with Gasteiger partial charge in [-0.3, -0.25) is 9.78 Å². The first kappa shape index (κ1) is 12.7. The van der Waals surface area contributed by atoms with E-state index >= 15 is 0 Å². The van der Waals surface area contributed by atoms with Crippen molar-refractivity contribution in [1.29, 1.82) is 0 Å². The summed E-state index contributed by atoms with van der Waals surface area (Å²) < 4.78 is 5.31. The van der Waals surface area contributed by atoms with Gasteiger partial charge in [0.1, 0.15) is 11.5 Å². The summed E-state index contributed by atoms with van der Waals surface area (Å²) in [4.78, 5) is 15.9. The highest BCUT2D eigenvalue weighted by molar-refractivity contribution is 5.80. The van der Waals surface area contributed by atoms with E-state index in [4.69, 9.17) is 4.74 Å². The maximum Gasteiger partial charge on any atom is 0.138 e. The zero-order valence-electron chi connectivity index (χ0n) is 10.5. The van der Waals surface area contributed by atoms with Crippen molar-refractivity contribution >= 4 is 5.78 Å². The Labute approximate surface area is 96.8 Å². The number of ketones is 1. The maximum absolute atomic E-state index is 11.6. The molecule has 0 aromatic carbocycles. The van der Waals surface area contributed by atoms with Crippen LogP contribution in [0.25, 0.3) is 0 Å². The highest BCUT2D eigenvalue weighted by atomic mass is 16.5. The average molecular weight is 221 g/mol. The number of aryl methyl sites for hydroxylation is 1. The molecule has 1 aromatic heterocycles. The second-order valence-corrected chi connectivity index (χ2v) is 4.01. The summed E-state index contributed by atoms with van der Waals surface area (Å²) in [6.07, 6.45) is 3.69. The predicted octanol–water partition coefficient (Wildman–Crippen LogP) is 2.62. The summed E-state index contributed by atoms with van der Waals surface area (Å²) in [7, 11) is 1.65. The van der Waals surface area contributed by atoms with Gasteiger partial charge < -0.3 is 4.74 Å². The Kier molecular flexibility index (Phi) is 4.47. The molecule has 0 aliphatic carbocycles. The lowest BCUT2D eigenvalue weighted by Crippen LogP contribution is -2.07. The fraction of sp³-hybridized carbons (Fsp3) is 0.538. The van der Waals surface area contributed by atoms with Gasteiger partial charge in [-0.1, -0.05) is 6.92 Å². The lowest BCUT2D eigenvalue weighted by atomic mass is 10.0. The van der Waals surface area contributed by atoms with Crippen molar-refractivity contribution in [2.45, 2.75) is 40.0 Å². The highest BCUT2D eigenvalue weighted by Crippen LogP contribution is 2.24. The minimum absolute atomic E-state index is 0.240. The maximum atomic E-state index is 11.6. The molecule has 0 saturated heterocycles. The van der Waals surface area contributed by atoms with Crippen LogP contribution in [0.4, 0.5) is 0 Å². The van der Waals surface area contributed by atoms with Gasteiger partial charge in [-0.25, -0.2) is 0 Å². The van der Waals surface area contributed by atoms with Gasteiger partial charge in [-0.05, 0) is 20.3 Å². The van der Waals surface area contributed by atoms with Crippen molar-refractivity contribution in [3.05, 3.63) is 23.0 Å². The number of hydrogen-bond acceptors (Lipinski definition) is 3. The summed E-state index contributed by atoms with van der Waals surface area (Å²) >= 11 is 0. The average Bonchev–Trinajstić information content (AvgIpc) is 2.23. The van der Waals surface area contributed by atoms with E-state index in [1.807, 2.05) is 20.8 Å². The number of pyridine rings is 1. The first-order valence-electron chi connectivity index (χ1n) is 5.60. The van der Waals surface area contributed by atoms with Gasteiger partial charge in [-0.2, -0.15) is 0 Å². The molecule has 0 atom stereocenters. The van der Waals surface area contributed by atoms with Crippen molar-refractivity contribution in [1.82, 2.24) is 4.98 Å². The van der Waals surface area contributed by atoms with E-state index in [1.54, 1.807) is 13.3 Å². The Morgan fingerprint density at radius 1 is 1.44 bits per heavy atom. The zero-order valence-corrected chi connectivity index (χ0v) is 10.5. The Hall–Kier alpha value is -1.38. The third-order valence-electron chi connectivity index (χ3n) is 2.64. The van der Waals surface area contributed by atoms with Gasteiger partial charge in [0.25, 0.3) is 0 Å². The summed E-state index contributed by atoms with van der Waals surface area (Å²) in [6.45, 7) is 5.91. The minimum atomic E-state index is 0.240. The van der Waals surface area contributed by atoms with E-state index in [1.165, 1.54) is 0 Å². The fourth-order valence-corrected chi connectivity index (χ4v) is 1.80. The third kappa shape index (κ3) is 2.81. The summed E-state index contributed by atoms with van der Waals surface area (Å²) in [6, 6.07) is 0. The normalized spacial score (nSPS) is 10.2. The topological polar surface area (TPSA) is 39.2 Å². The van der Waals surface area contributed by atoms with Crippen LogP contribution in [0, 0.1) is 13.8 Å². The second-order valence-electron chi connectivity index (χ2n) is 4.01. The van der Waals surface area contributed by atoms with Gasteiger partial charge in [0, 0.05) is 30.2 Å². The second kappa shape index (κ2) is 5.64. The SMILES string of the molecule is CCCC(=O)Cc1ncc(C)c(OC)c1C. The molecule has 1 rings (SSSR count). The van der Waals surface area contributed by atoms with Crippen molar-refractivity contribution in [3.63, 3.8) is 0 Å². The molecule has 0 aliphatic heterocycles. The molecule has 0 N–H and O–H groups in total. The fourth-order valence-electron chi connectivity index (χ4n) is 1.80. The number of rotatable bonds is 5. The molecule has 0 amide bonds. The molecule has 1 aromatic rings. The van der Waals surface area contributed by atoms with Crippen LogP contribution in [0.2, 0.25) is 0 Å². The Morgan fingerprint density at radius 3 is 2.69 bits per heavy atom. The number of nitrogens with zero attached hydrogens (tertiary/aromatic N) is 1. The molecular weight excluding hydrogens is 202 g/mol. The molecular formula is C13H19NO2. The lowest BCUT2D eigenvalue weighted by Gasteiger charge is -2.11. The van der Waals surface area contributed by atoms with Crippen molar-refractivity contribution in [2.75, 3.05) is 7.11 Å². The van der Waals surface area contributed by atoms with Crippen molar-refractivity contribution < 1.29 is 9.53 Å². The van der Waals surface area contributed by atoms with Gasteiger partial charge in [-0.15, -0.1) is 0 Å². The van der Waals surface area contributed by atoms with E-state index in [2.05, 4.69) is 4.98 Å². The Balaban J connectivity index is 2.93. The summed E-state index contributed by atoms with van der Waals surface area (Å²) in [5, 5.41) is 0. The largest absolute Gasteiger partial charge is 0.496 e. The molecule has 0 spiro atoms. The number of aromatic nitrogens is 1. The van der Waals surface area contributed by atoms with Crippen molar-refractivity contribution in [3.8, 4) is 5.75 Å². The Bertz CT molecular complexity index is 386. The van der Waals surface area contributed by atoms with Gasteiger partial charge >= 0.3 is 0 Å². The summed E-state index contributed by atoms with van der Waals surface area (Å²) in [5.74, 6) is 1.08. The molecule has 0 bridgehead atoms. The van der Waals surface area contributed by atoms with Crippen LogP contribution in [0.3, 0.4) is 0 Å².